The second kappa shape index (κ2) is 14.8. The summed E-state index contributed by atoms with van der Waals surface area (Å²) in [6.07, 6.45) is 13.1. The van der Waals surface area contributed by atoms with Crippen LogP contribution in [0.4, 0.5) is 0 Å². The molecule has 4 nitrogen and oxygen atoms in total. The molecule has 1 aromatic rings. The zero-order chi connectivity index (χ0) is 19.9. The molecule has 0 aliphatic carbocycles. The van der Waals surface area contributed by atoms with E-state index in [1.54, 1.807) is 12.1 Å². The van der Waals surface area contributed by atoms with Gasteiger partial charge in [0.2, 0.25) is 0 Å². The first kappa shape index (κ1) is 23.8. The molecule has 3 N–H and O–H groups in total. The molecule has 0 saturated carbocycles. The van der Waals surface area contributed by atoms with Crippen LogP contribution in [0.1, 0.15) is 89.5 Å². The van der Waals surface area contributed by atoms with Crippen molar-refractivity contribution in [2.75, 3.05) is 7.11 Å². The lowest BCUT2D eigenvalue weighted by Gasteiger charge is -2.16. The molecule has 1 aromatic carbocycles. The minimum Gasteiger partial charge on any atom is -0.504 e. The van der Waals surface area contributed by atoms with E-state index < -0.39 is 12.2 Å². The maximum atomic E-state index is 10.2. The minimum atomic E-state index is -0.502. The summed E-state index contributed by atoms with van der Waals surface area (Å²) in [4.78, 5) is 0. The normalized spacial score (nSPS) is 13.5. The van der Waals surface area contributed by atoms with E-state index in [9.17, 15) is 15.3 Å². The molecule has 0 aromatic heterocycles. The van der Waals surface area contributed by atoms with Crippen molar-refractivity contribution in [3.05, 3.63) is 23.8 Å². The van der Waals surface area contributed by atoms with E-state index in [0.29, 0.717) is 25.0 Å². The molecule has 1 rings (SSSR count). The molecule has 0 saturated heterocycles. The zero-order valence-electron chi connectivity index (χ0n) is 17.3. The summed E-state index contributed by atoms with van der Waals surface area (Å²) >= 11 is 0. The Morgan fingerprint density at radius 1 is 0.852 bits per heavy atom. The molecule has 0 fully saturated rings. The van der Waals surface area contributed by atoms with E-state index in [4.69, 9.17) is 4.74 Å². The highest BCUT2D eigenvalue weighted by Crippen LogP contribution is 2.27. The van der Waals surface area contributed by atoms with Gasteiger partial charge in [-0.2, -0.15) is 0 Å². The van der Waals surface area contributed by atoms with Crippen molar-refractivity contribution >= 4 is 0 Å². The molecule has 2 unspecified atom stereocenters. The van der Waals surface area contributed by atoms with Crippen molar-refractivity contribution in [1.82, 2.24) is 0 Å². The van der Waals surface area contributed by atoms with Crippen LogP contribution in [0.2, 0.25) is 0 Å². The second-order valence-electron chi connectivity index (χ2n) is 7.71. The van der Waals surface area contributed by atoms with E-state index >= 15 is 0 Å². The summed E-state index contributed by atoms with van der Waals surface area (Å²) in [6.45, 7) is 2.24. The molecule has 0 amide bonds. The Labute approximate surface area is 165 Å². The molecule has 0 spiro atoms. The maximum absolute atomic E-state index is 10.2. The average Bonchev–Trinajstić information content (AvgIpc) is 2.66. The number of benzene rings is 1. The summed E-state index contributed by atoms with van der Waals surface area (Å²) in [5, 5.41) is 29.9. The Balaban J connectivity index is 2.08. The van der Waals surface area contributed by atoms with Crippen molar-refractivity contribution in [1.29, 1.82) is 0 Å². The fourth-order valence-corrected chi connectivity index (χ4v) is 3.45. The van der Waals surface area contributed by atoms with Gasteiger partial charge in [-0.15, -0.1) is 0 Å². The fraction of sp³-hybridized carbons (Fsp3) is 0.739. The van der Waals surface area contributed by atoms with Crippen LogP contribution in [0.3, 0.4) is 0 Å². The van der Waals surface area contributed by atoms with Crippen LogP contribution < -0.4 is 4.74 Å². The van der Waals surface area contributed by atoms with E-state index in [2.05, 4.69) is 6.92 Å². The van der Waals surface area contributed by atoms with Crippen LogP contribution in [0.15, 0.2) is 18.2 Å². The molecule has 0 heterocycles. The Morgan fingerprint density at radius 3 is 2.07 bits per heavy atom. The van der Waals surface area contributed by atoms with Gasteiger partial charge in [0.05, 0.1) is 19.3 Å². The number of aryl methyl sites for hydroxylation is 1. The van der Waals surface area contributed by atoms with Gasteiger partial charge in [-0.05, 0) is 43.4 Å². The Bertz CT molecular complexity index is 489. The molecule has 2 atom stereocenters. The summed E-state index contributed by atoms with van der Waals surface area (Å²) in [5.41, 5.74) is 1.01. The zero-order valence-corrected chi connectivity index (χ0v) is 17.3. The highest BCUT2D eigenvalue weighted by atomic mass is 16.5. The lowest BCUT2D eigenvalue weighted by Crippen LogP contribution is -2.18. The third-order valence-electron chi connectivity index (χ3n) is 5.20. The number of aliphatic hydroxyl groups excluding tert-OH is 2. The van der Waals surface area contributed by atoms with Crippen LogP contribution in [-0.4, -0.2) is 34.6 Å². The molecule has 0 aliphatic rings. The van der Waals surface area contributed by atoms with Gasteiger partial charge in [0.15, 0.2) is 11.5 Å². The predicted octanol–water partition coefficient (Wildman–Crippen LogP) is 5.37. The summed E-state index contributed by atoms with van der Waals surface area (Å²) < 4.78 is 5.10. The third-order valence-corrected chi connectivity index (χ3v) is 5.20. The van der Waals surface area contributed by atoms with Crippen LogP contribution in [-0.2, 0) is 6.42 Å². The molecule has 27 heavy (non-hydrogen) atoms. The van der Waals surface area contributed by atoms with Crippen LogP contribution in [0, 0.1) is 0 Å². The number of ether oxygens (including phenoxy) is 1. The van der Waals surface area contributed by atoms with Gasteiger partial charge in [-0.3, -0.25) is 0 Å². The fourth-order valence-electron chi connectivity index (χ4n) is 3.45. The molecule has 4 heteroatoms. The van der Waals surface area contributed by atoms with Crippen LogP contribution >= 0.6 is 0 Å². The van der Waals surface area contributed by atoms with Gasteiger partial charge < -0.3 is 20.1 Å². The number of aromatic hydroxyl groups is 1. The quantitative estimate of drug-likeness (QED) is 0.337. The standard InChI is InChI=1S/C23H40O4/c1-3-4-5-6-7-8-9-10-11-12-20(24)18-21(25)15-13-19-14-16-22(26)23(17-19)27-2/h14,16-17,20-21,24-26H,3-13,15,18H2,1-2H3. The molecule has 0 aliphatic heterocycles. The molecule has 156 valence electrons. The maximum Gasteiger partial charge on any atom is 0.160 e. The molecule has 0 bridgehead atoms. The smallest absolute Gasteiger partial charge is 0.160 e. The third kappa shape index (κ3) is 11.2. The van der Waals surface area contributed by atoms with Crippen molar-refractivity contribution in [3.63, 3.8) is 0 Å². The Morgan fingerprint density at radius 2 is 1.44 bits per heavy atom. The van der Waals surface area contributed by atoms with Gasteiger partial charge in [0.1, 0.15) is 0 Å². The number of aliphatic hydroxyl groups is 2. The Hall–Kier alpha value is -1.26. The first-order chi connectivity index (χ1) is 13.1. The Kier molecular flexibility index (Phi) is 13.0. The minimum absolute atomic E-state index is 0.123. The summed E-state index contributed by atoms with van der Waals surface area (Å²) in [7, 11) is 1.52. The number of hydrogen-bond acceptors (Lipinski definition) is 4. The summed E-state index contributed by atoms with van der Waals surface area (Å²) in [5.74, 6) is 0.575. The lowest BCUT2D eigenvalue weighted by atomic mass is 9.99. The number of phenols is 1. The van der Waals surface area contributed by atoms with Crippen molar-refractivity contribution in [2.45, 2.75) is 103 Å². The van der Waals surface area contributed by atoms with E-state index in [0.717, 1.165) is 18.4 Å². The van der Waals surface area contributed by atoms with E-state index in [1.807, 2.05) is 6.07 Å². The first-order valence-electron chi connectivity index (χ1n) is 10.8. The van der Waals surface area contributed by atoms with Crippen LogP contribution in [0.5, 0.6) is 11.5 Å². The first-order valence-corrected chi connectivity index (χ1v) is 10.8. The molecule has 0 radical (unpaired) electrons. The molecular weight excluding hydrogens is 340 g/mol. The largest absolute Gasteiger partial charge is 0.504 e. The average molecular weight is 381 g/mol. The van der Waals surface area contributed by atoms with Crippen molar-refractivity contribution in [3.8, 4) is 11.5 Å². The number of methoxy groups -OCH3 is 1. The lowest BCUT2D eigenvalue weighted by molar-refractivity contribution is 0.0697. The highest BCUT2D eigenvalue weighted by Gasteiger charge is 2.12. The van der Waals surface area contributed by atoms with Crippen molar-refractivity contribution in [2.24, 2.45) is 0 Å². The number of hydrogen-bond donors (Lipinski definition) is 3. The van der Waals surface area contributed by atoms with Gasteiger partial charge >= 0.3 is 0 Å². The molecular formula is C23H40O4. The topological polar surface area (TPSA) is 69.9 Å². The monoisotopic (exact) mass is 380 g/mol. The van der Waals surface area contributed by atoms with Gasteiger partial charge in [-0.25, -0.2) is 0 Å². The number of rotatable bonds is 16. The van der Waals surface area contributed by atoms with E-state index in [-0.39, 0.29) is 5.75 Å². The predicted molar refractivity (Wildman–Crippen MR) is 111 cm³/mol. The van der Waals surface area contributed by atoms with Gasteiger partial charge in [0.25, 0.3) is 0 Å². The van der Waals surface area contributed by atoms with Crippen molar-refractivity contribution < 1.29 is 20.1 Å². The van der Waals surface area contributed by atoms with Gasteiger partial charge in [0, 0.05) is 0 Å². The SMILES string of the molecule is CCCCCCCCCCCC(O)CC(O)CCc1ccc(O)c(OC)c1. The second-order valence-corrected chi connectivity index (χ2v) is 7.71. The number of unbranched alkanes of at least 4 members (excludes halogenated alkanes) is 8. The number of phenolic OH excluding ortho intramolecular Hbond substituents is 1. The van der Waals surface area contributed by atoms with Gasteiger partial charge in [-0.1, -0.05) is 70.8 Å². The van der Waals surface area contributed by atoms with E-state index in [1.165, 1.54) is 58.5 Å². The van der Waals surface area contributed by atoms with Crippen LogP contribution in [0.25, 0.3) is 0 Å². The highest BCUT2D eigenvalue weighted by molar-refractivity contribution is 5.41. The summed E-state index contributed by atoms with van der Waals surface area (Å²) in [6, 6.07) is 5.24.